The minimum atomic E-state index is -3.63. The van der Waals surface area contributed by atoms with Gasteiger partial charge in [-0.05, 0) is 67.1 Å². The molecule has 3 aromatic rings. The topological polar surface area (TPSA) is 95.5 Å². The predicted molar refractivity (Wildman–Crippen MR) is 127 cm³/mol. The van der Waals surface area contributed by atoms with Crippen LogP contribution in [0.2, 0.25) is 0 Å². The minimum Gasteiger partial charge on any atom is -0.550 e. The largest absolute Gasteiger partial charge is 1.00 e. The number of aliphatic carboxylic acids is 1. The first-order valence-corrected chi connectivity index (χ1v) is 12.2. The molecule has 0 aromatic heterocycles. The number of carbonyl (C=O) groups excluding carboxylic acids is 1. The van der Waals surface area contributed by atoms with Crippen LogP contribution < -0.4 is 44.1 Å². The van der Waals surface area contributed by atoms with Crippen LogP contribution in [0.5, 0.6) is 5.75 Å². The van der Waals surface area contributed by atoms with Crippen molar-refractivity contribution in [2.45, 2.75) is 30.6 Å². The maximum absolute atomic E-state index is 12.5. The summed E-state index contributed by atoms with van der Waals surface area (Å²) in [5, 5.41) is 10.7. The zero-order valence-electron chi connectivity index (χ0n) is 19.1. The third kappa shape index (κ3) is 8.99. The van der Waals surface area contributed by atoms with E-state index in [-0.39, 0.29) is 40.9 Å². The normalized spacial score (nSPS) is 11.1. The van der Waals surface area contributed by atoms with Gasteiger partial charge in [0.05, 0.1) is 11.5 Å². The molecule has 0 aliphatic rings. The van der Waals surface area contributed by atoms with Gasteiger partial charge in [0.1, 0.15) is 5.75 Å². The molecule has 0 atom stereocenters. The van der Waals surface area contributed by atoms with Crippen molar-refractivity contribution in [2.24, 2.45) is 0 Å². The molecule has 0 bridgehead atoms. The second-order valence-electron chi connectivity index (χ2n) is 7.42. The Kier molecular flexibility index (Phi) is 11.4. The van der Waals surface area contributed by atoms with Crippen molar-refractivity contribution in [3.63, 3.8) is 0 Å². The van der Waals surface area contributed by atoms with Crippen LogP contribution in [0.25, 0.3) is 6.08 Å². The maximum atomic E-state index is 12.5. The van der Waals surface area contributed by atoms with Crippen molar-refractivity contribution >= 4 is 27.8 Å². The number of anilines is 1. The molecule has 0 radical (unpaired) electrons. The molecule has 172 valence electrons. The van der Waals surface area contributed by atoms with Crippen LogP contribution >= 0.6 is 0 Å². The first-order chi connectivity index (χ1) is 15.9. The van der Waals surface area contributed by atoms with E-state index in [4.69, 9.17) is 4.74 Å². The van der Waals surface area contributed by atoms with Gasteiger partial charge in [0.15, 0.2) is 0 Å². The van der Waals surface area contributed by atoms with E-state index in [9.17, 15) is 18.3 Å². The maximum Gasteiger partial charge on any atom is 1.00 e. The number of nitrogens with one attached hydrogen (secondary N) is 1. The molecule has 0 spiro atoms. The average molecular weight is 488 g/mol. The number of carboxylic acids is 1. The van der Waals surface area contributed by atoms with Gasteiger partial charge in [-0.2, -0.15) is 0 Å². The predicted octanol–water partition coefficient (Wildman–Crippen LogP) is 1.05. The summed E-state index contributed by atoms with van der Waals surface area (Å²) in [6.45, 7) is 0.504. The van der Waals surface area contributed by atoms with E-state index in [1.165, 1.54) is 0 Å². The molecule has 3 aromatic carbocycles. The van der Waals surface area contributed by atoms with Crippen molar-refractivity contribution in [1.29, 1.82) is 0 Å². The van der Waals surface area contributed by atoms with Crippen LogP contribution in [-0.2, 0) is 21.2 Å². The molecule has 0 saturated carbocycles. The van der Waals surface area contributed by atoms with Gasteiger partial charge in [-0.15, -0.1) is 0 Å². The number of unbranched alkanes of at least 4 members (excludes halogenated alkanes) is 1. The molecule has 34 heavy (non-hydrogen) atoms. The number of allylic oxidation sites excluding steroid dienone is 1. The average Bonchev–Trinajstić information content (AvgIpc) is 2.81. The fraction of sp³-hybridized carbons (Fsp3) is 0.192. The van der Waals surface area contributed by atoms with Crippen LogP contribution in [0.3, 0.4) is 0 Å². The van der Waals surface area contributed by atoms with Crippen LogP contribution in [0, 0.1) is 0 Å². The number of carbonyl (C=O) groups is 1. The van der Waals surface area contributed by atoms with Crippen LogP contribution in [0.15, 0.2) is 89.8 Å². The number of aryl methyl sites for hydroxylation is 1. The van der Waals surface area contributed by atoms with Crippen LogP contribution in [0.1, 0.15) is 30.4 Å². The Morgan fingerprint density at radius 3 is 2.47 bits per heavy atom. The molecule has 0 aliphatic carbocycles. The van der Waals surface area contributed by atoms with Gasteiger partial charge in [-0.25, -0.2) is 8.42 Å². The summed E-state index contributed by atoms with van der Waals surface area (Å²) in [5.41, 5.74) is 2.24. The van der Waals surface area contributed by atoms with E-state index in [1.807, 2.05) is 42.5 Å². The van der Waals surface area contributed by atoms with Gasteiger partial charge >= 0.3 is 29.6 Å². The van der Waals surface area contributed by atoms with Gasteiger partial charge in [-0.1, -0.05) is 60.7 Å². The Morgan fingerprint density at radius 1 is 0.971 bits per heavy atom. The first-order valence-electron chi connectivity index (χ1n) is 10.7. The first kappa shape index (κ1) is 27.7. The summed E-state index contributed by atoms with van der Waals surface area (Å²) in [7, 11) is -3.63. The minimum absolute atomic E-state index is 0. The van der Waals surface area contributed by atoms with E-state index < -0.39 is 16.0 Å². The van der Waals surface area contributed by atoms with Gasteiger partial charge < -0.3 is 14.6 Å². The molecular formula is C26H26NNaO5S. The van der Waals surface area contributed by atoms with E-state index >= 15 is 0 Å². The summed E-state index contributed by atoms with van der Waals surface area (Å²) in [6.07, 6.45) is 5.85. The van der Waals surface area contributed by atoms with E-state index in [2.05, 4.69) is 4.72 Å². The molecule has 6 nitrogen and oxygen atoms in total. The van der Waals surface area contributed by atoms with E-state index in [0.717, 1.165) is 24.0 Å². The molecule has 0 unspecified atom stereocenters. The summed E-state index contributed by atoms with van der Waals surface area (Å²) in [4.78, 5) is 10.9. The number of rotatable bonds is 12. The fourth-order valence-corrected chi connectivity index (χ4v) is 4.28. The molecule has 3 rings (SSSR count). The summed E-state index contributed by atoms with van der Waals surface area (Å²) >= 11 is 0. The van der Waals surface area contributed by atoms with Crippen molar-refractivity contribution in [3.8, 4) is 5.75 Å². The molecule has 1 N–H and O–H groups in total. The smallest absolute Gasteiger partial charge is 0.550 e. The molecule has 0 fully saturated rings. The Morgan fingerprint density at radius 2 is 1.71 bits per heavy atom. The van der Waals surface area contributed by atoms with Crippen LogP contribution in [-0.4, -0.2) is 21.0 Å². The van der Waals surface area contributed by atoms with Gasteiger partial charge in [-0.3, -0.25) is 4.72 Å². The monoisotopic (exact) mass is 487 g/mol. The molecular weight excluding hydrogens is 461 g/mol. The number of para-hydroxylation sites is 1. The molecule has 0 heterocycles. The molecule has 0 aliphatic heterocycles. The third-order valence-corrected chi connectivity index (χ3v) is 6.24. The van der Waals surface area contributed by atoms with Gasteiger partial charge in [0.2, 0.25) is 0 Å². The SMILES string of the molecule is O=C([O-])CCc1ccccc1OCCC/C=C/c1cccc(NS(=O)(=O)c2ccccc2)c1.[Na+]. The summed E-state index contributed by atoms with van der Waals surface area (Å²) < 4.78 is 33.4. The van der Waals surface area contributed by atoms with E-state index in [1.54, 1.807) is 48.5 Å². The number of hydrogen-bond acceptors (Lipinski definition) is 5. The molecule has 8 heteroatoms. The Labute approximate surface area is 223 Å². The number of sulfonamides is 1. The van der Waals surface area contributed by atoms with Crippen molar-refractivity contribution in [3.05, 3.63) is 96.1 Å². The number of benzene rings is 3. The standard InChI is InChI=1S/C26H27NO5S.Na/c28-26(29)18-17-22-12-6-7-16-25(22)32-19-8-2-3-10-21-11-9-13-23(20-21)27-33(30,31)24-14-4-1-5-15-24;/h1,3-7,9-16,20,27H,2,8,17-19H2,(H,28,29);/q;+1/p-1/b10-3+;. The third-order valence-electron chi connectivity index (χ3n) is 4.85. The van der Waals surface area contributed by atoms with Crippen molar-refractivity contribution in [2.75, 3.05) is 11.3 Å². The van der Waals surface area contributed by atoms with E-state index in [0.29, 0.717) is 24.5 Å². The number of carboxylic acid groups (broad SMARTS) is 1. The summed E-state index contributed by atoms with van der Waals surface area (Å²) in [6, 6.07) is 22.8. The second-order valence-corrected chi connectivity index (χ2v) is 9.10. The summed E-state index contributed by atoms with van der Waals surface area (Å²) in [5.74, 6) is -0.381. The quantitative estimate of drug-likeness (QED) is 0.304. The zero-order chi connectivity index (χ0) is 23.5. The second kappa shape index (κ2) is 14.0. The fourth-order valence-electron chi connectivity index (χ4n) is 3.21. The van der Waals surface area contributed by atoms with Crippen LogP contribution in [0.4, 0.5) is 5.69 Å². The number of hydrogen-bond donors (Lipinski definition) is 1. The Balaban J connectivity index is 0.00000408. The molecule has 0 saturated heterocycles. The van der Waals surface area contributed by atoms with Gasteiger partial charge in [0.25, 0.3) is 10.0 Å². The Bertz CT molecular complexity index is 1200. The molecule has 0 amide bonds. The Hall–Kier alpha value is -2.58. The van der Waals surface area contributed by atoms with Gasteiger partial charge in [0, 0.05) is 11.7 Å². The number of ether oxygens (including phenoxy) is 1. The van der Waals surface area contributed by atoms with Crippen molar-refractivity contribution < 1.29 is 52.6 Å². The van der Waals surface area contributed by atoms with Crippen molar-refractivity contribution in [1.82, 2.24) is 0 Å². The zero-order valence-corrected chi connectivity index (χ0v) is 22.0.